The van der Waals surface area contributed by atoms with Crippen LogP contribution in [0.5, 0.6) is 0 Å². The number of hydrogen-bond donors (Lipinski definition) is 1. The molecule has 10 heavy (non-hydrogen) atoms. The molecule has 1 aromatic heterocycles. The summed E-state index contributed by atoms with van der Waals surface area (Å²) in [5, 5.41) is 0. The lowest BCUT2D eigenvalue weighted by Crippen LogP contribution is -1.84. The van der Waals surface area contributed by atoms with Gasteiger partial charge in [0.15, 0.2) is 0 Å². The Labute approximate surface area is 75.4 Å². The Morgan fingerprint density at radius 3 is 2.90 bits per heavy atom. The molecule has 0 fully saturated rings. The van der Waals surface area contributed by atoms with Gasteiger partial charge in [-0.2, -0.15) is 0 Å². The van der Waals surface area contributed by atoms with E-state index in [1.165, 1.54) is 28.5 Å². The molecule has 0 aliphatic heterocycles. The highest BCUT2D eigenvalue weighted by molar-refractivity contribution is 14.1. The molecule has 0 bridgehead atoms. The van der Waals surface area contributed by atoms with Crippen molar-refractivity contribution in [3.05, 3.63) is 23.5 Å². The van der Waals surface area contributed by atoms with Crippen molar-refractivity contribution in [3.63, 3.8) is 0 Å². The summed E-state index contributed by atoms with van der Waals surface area (Å²) in [4.78, 5) is 3.24. The van der Waals surface area contributed by atoms with Gasteiger partial charge < -0.3 is 4.98 Å². The number of halogens is 1. The summed E-state index contributed by atoms with van der Waals surface area (Å²) in [6.45, 7) is 2.12. The molecule has 0 aliphatic rings. The molecule has 1 rings (SSSR count). The van der Waals surface area contributed by atoms with Crippen molar-refractivity contribution in [3.8, 4) is 0 Å². The van der Waals surface area contributed by atoms with Crippen molar-refractivity contribution >= 4 is 22.6 Å². The fourth-order valence-corrected chi connectivity index (χ4v) is 1.35. The second-order valence-corrected chi connectivity index (χ2v) is 3.57. The molecule has 0 amide bonds. The first-order chi connectivity index (χ1) is 4.83. The Hall–Kier alpha value is 0.01000. The van der Waals surface area contributed by atoms with E-state index in [0.717, 1.165) is 0 Å². The van der Waals surface area contributed by atoms with Gasteiger partial charge in [-0.05, 0) is 35.8 Å². The molecule has 1 aromatic rings. The van der Waals surface area contributed by atoms with Gasteiger partial charge >= 0.3 is 0 Å². The standard InChI is InChI=1S/C8H12IN/c1-7-5-8(10-6-7)3-2-4-9/h5-6,10H,2-4H2,1H3. The molecule has 2 heteroatoms. The van der Waals surface area contributed by atoms with E-state index in [9.17, 15) is 0 Å². The van der Waals surface area contributed by atoms with Gasteiger partial charge in [0.2, 0.25) is 0 Å². The van der Waals surface area contributed by atoms with Gasteiger partial charge in [0.1, 0.15) is 0 Å². The third kappa shape index (κ3) is 2.33. The molecular formula is C8H12IN. The number of rotatable bonds is 3. The molecule has 0 aliphatic carbocycles. The van der Waals surface area contributed by atoms with E-state index in [1.807, 2.05) is 0 Å². The van der Waals surface area contributed by atoms with Crippen LogP contribution in [0.15, 0.2) is 12.3 Å². The average Bonchev–Trinajstić information content (AvgIpc) is 2.31. The predicted molar refractivity (Wildman–Crippen MR) is 52.7 cm³/mol. The quantitative estimate of drug-likeness (QED) is 0.626. The van der Waals surface area contributed by atoms with E-state index in [4.69, 9.17) is 0 Å². The van der Waals surface area contributed by atoms with Gasteiger partial charge in [-0.15, -0.1) is 0 Å². The van der Waals surface area contributed by atoms with Gasteiger partial charge in [-0.1, -0.05) is 22.6 Å². The first kappa shape index (κ1) is 8.11. The van der Waals surface area contributed by atoms with Crippen LogP contribution < -0.4 is 0 Å². The van der Waals surface area contributed by atoms with Gasteiger partial charge in [-0.3, -0.25) is 0 Å². The highest BCUT2D eigenvalue weighted by Crippen LogP contribution is 2.04. The van der Waals surface area contributed by atoms with Gasteiger partial charge in [0, 0.05) is 11.9 Å². The van der Waals surface area contributed by atoms with Crippen LogP contribution in [0.4, 0.5) is 0 Å². The Morgan fingerprint density at radius 1 is 1.60 bits per heavy atom. The SMILES string of the molecule is Cc1c[nH]c(CCCI)c1. The molecule has 0 unspecified atom stereocenters. The molecule has 0 saturated heterocycles. The Bertz CT molecular complexity index is 193. The molecule has 0 radical (unpaired) electrons. The Kier molecular flexibility index (Phi) is 3.25. The lowest BCUT2D eigenvalue weighted by Gasteiger charge is -1.91. The van der Waals surface area contributed by atoms with E-state index in [2.05, 4.69) is 46.8 Å². The third-order valence-corrected chi connectivity index (χ3v) is 2.23. The molecule has 56 valence electrons. The maximum absolute atomic E-state index is 3.24. The lowest BCUT2D eigenvalue weighted by molar-refractivity contribution is 0.913. The zero-order valence-corrected chi connectivity index (χ0v) is 8.31. The van der Waals surface area contributed by atoms with Crippen LogP contribution in [-0.2, 0) is 6.42 Å². The number of aromatic nitrogens is 1. The normalized spacial score (nSPS) is 10.2. The van der Waals surface area contributed by atoms with E-state index in [-0.39, 0.29) is 0 Å². The average molecular weight is 249 g/mol. The molecule has 1 heterocycles. The Morgan fingerprint density at radius 2 is 2.40 bits per heavy atom. The van der Waals surface area contributed by atoms with Crippen molar-refractivity contribution in [1.29, 1.82) is 0 Å². The topological polar surface area (TPSA) is 15.8 Å². The van der Waals surface area contributed by atoms with Crippen molar-refractivity contribution in [2.75, 3.05) is 4.43 Å². The van der Waals surface area contributed by atoms with Crippen LogP contribution in [0.3, 0.4) is 0 Å². The maximum atomic E-state index is 3.24. The van der Waals surface area contributed by atoms with Gasteiger partial charge in [0.25, 0.3) is 0 Å². The molecule has 0 spiro atoms. The van der Waals surface area contributed by atoms with Gasteiger partial charge in [-0.25, -0.2) is 0 Å². The lowest BCUT2D eigenvalue weighted by atomic mass is 10.2. The zero-order chi connectivity index (χ0) is 7.40. The molecular weight excluding hydrogens is 237 g/mol. The summed E-state index contributed by atoms with van der Waals surface area (Å²) in [6.07, 6.45) is 4.53. The highest BCUT2D eigenvalue weighted by atomic mass is 127. The number of aryl methyl sites for hydroxylation is 2. The molecule has 0 aromatic carbocycles. The van der Waals surface area contributed by atoms with Crippen LogP contribution in [0.2, 0.25) is 0 Å². The summed E-state index contributed by atoms with van der Waals surface area (Å²) in [5.74, 6) is 0. The van der Waals surface area contributed by atoms with Crippen molar-refractivity contribution < 1.29 is 0 Å². The van der Waals surface area contributed by atoms with E-state index < -0.39 is 0 Å². The van der Waals surface area contributed by atoms with Crippen LogP contribution >= 0.6 is 22.6 Å². The molecule has 1 nitrogen and oxygen atoms in total. The fourth-order valence-electron chi connectivity index (χ4n) is 0.966. The van der Waals surface area contributed by atoms with Gasteiger partial charge in [0.05, 0.1) is 0 Å². The van der Waals surface area contributed by atoms with Crippen LogP contribution in [-0.4, -0.2) is 9.41 Å². The van der Waals surface area contributed by atoms with Crippen LogP contribution in [0.25, 0.3) is 0 Å². The van der Waals surface area contributed by atoms with E-state index >= 15 is 0 Å². The molecule has 1 N–H and O–H groups in total. The number of aromatic amines is 1. The van der Waals surface area contributed by atoms with Crippen LogP contribution in [0, 0.1) is 6.92 Å². The number of H-pyrrole nitrogens is 1. The summed E-state index contributed by atoms with van der Waals surface area (Å²) < 4.78 is 1.25. The monoisotopic (exact) mass is 249 g/mol. The minimum Gasteiger partial charge on any atom is -0.365 e. The van der Waals surface area contributed by atoms with Crippen LogP contribution in [0.1, 0.15) is 17.7 Å². The number of nitrogens with one attached hydrogen (secondary N) is 1. The minimum absolute atomic E-state index is 1.19. The summed E-state index contributed by atoms with van der Waals surface area (Å²) in [5.41, 5.74) is 2.71. The van der Waals surface area contributed by atoms with Crippen molar-refractivity contribution in [2.45, 2.75) is 19.8 Å². The predicted octanol–water partition coefficient (Wildman–Crippen LogP) is 2.69. The highest BCUT2D eigenvalue weighted by Gasteiger charge is 1.93. The second-order valence-electron chi connectivity index (χ2n) is 2.49. The first-order valence-electron chi connectivity index (χ1n) is 3.53. The summed E-state index contributed by atoms with van der Waals surface area (Å²) in [7, 11) is 0. The second kappa shape index (κ2) is 4.01. The fraction of sp³-hybridized carbons (Fsp3) is 0.500. The van der Waals surface area contributed by atoms with E-state index in [1.54, 1.807) is 0 Å². The molecule has 0 atom stereocenters. The van der Waals surface area contributed by atoms with Crippen molar-refractivity contribution in [2.24, 2.45) is 0 Å². The third-order valence-electron chi connectivity index (χ3n) is 1.47. The number of alkyl halides is 1. The molecule has 0 saturated carbocycles. The maximum Gasteiger partial charge on any atom is 0.0150 e. The largest absolute Gasteiger partial charge is 0.365 e. The number of hydrogen-bond acceptors (Lipinski definition) is 0. The van der Waals surface area contributed by atoms with E-state index in [0.29, 0.717) is 0 Å². The van der Waals surface area contributed by atoms with Crippen molar-refractivity contribution in [1.82, 2.24) is 4.98 Å². The minimum atomic E-state index is 1.19. The zero-order valence-electron chi connectivity index (χ0n) is 6.15. The Balaban J connectivity index is 2.42. The smallest absolute Gasteiger partial charge is 0.0150 e. The summed E-state index contributed by atoms with van der Waals surface area (Å²) in [6, 6.07) is 2.21. The summed E-state index contributed by atoms with van der Waals surface area (Å²) >= 11 is 2.41. The first-order valence-corrected chi connectivity index (χ1v) is 5.05.